The zero-order valence-electron chi connectivity index (χ0n) is 14.6. The number of nitriles is 1. The lowest BCUT2D eigenvalue weighted by atomic mass is 9.83. The number of pyridine rings is 1. The molecule has 134 valence electrons. The monoisotopic (exact) mass is 360 g/mol. The van der Waals surface area contributed by atoms with Crippen molar-refractivity contribution in [1.82, 2.24) is 4.57 Å². The second kappa shape index (κ2) is 6.61. The summed E-state index contributed by atoms with van der Waals surface area (Å²) in [4.78, 5) is 25.8. The molecule has 1 aliphatic rings. The van der Waals surface area contributed by atoms with E-state index < -0.39 is 5.56 Å². The maximum absolute atomic E-state index is 13.0. The van der Waals surface area contributed by atoms with E-state index in [1.807, 2.05) is 12.1 Å². The number of hydrogen-bond donors (Lipinski definition) is 0. The molecule has 0 spiro atoms. The number of methoxy groups -OCH3 is 1. The van der Waals surface area contributed by atoms with Crippen LogP contribution in [-0.2, 0) is 6.42 Å². The van der Waals surface area contributed by atoms with Crippen molar-refractivity contribution in [3.63, 3.8) is 0 Å². The Labute approximate surface area is 155 Å². The molecule has 3 aromatic rings. The number of Topliss-reactive ketones (excluding diaryl/α,β-unsaturated/α-hetero) is 1. The SMILES string of the molecule is COc1ccccc1-n1c2c(cc(C#N)c1=O)C(=O)CC(c1ccco1)C2. The summed E-state index contributed by atoms with van der Waals surface area (Å²) in [5.41, 5.74) is 0.949. The Morgan fingerprint density at radius 2 is 2.00 bits per heavy atom. The minimum absolute atomic E-state index is 0.0653. The molecule has 0 aliphatic heterocycles. The first-order valence-electron chi connectivity index (χ1n) is 8.53. The Bertz CT molecular complexity index is 1120. The van der Waals surface area contributed by atoms with Crippen molar-refractivity contribution < 1.29 is 13.9 Å². The van der Waals surface area contributed by atoms with Gasteiger partial charge < -0.3 is 9.15 Å². The highest BCUT2D eigenvalue weighted by molar-refractivity contribution is 5.99. The Morgan fingerprint density at radius 3 is 2.70 bits per heavy atom. The van der Waals surface area contributed by atoms with Gasteiger partial charge in [-0.3, -0.25) is 14.2 Å². The van der Waals surface area contributed by atoms with E-state index in [4.69, 9.17) is 9.15 Å². The van der Waals surface area contributed by atoms with Crippen LogP contribution in [-0.4, -0.2) is 17.5 Å². The molecule has 1 aliphatic carbocycles. The van der Waals surface area contributed by atoms with Gasteiger partial charge in [0.1, 0.15) is 23.1 Å². The third-order valence-electron chi connectivity index (χ3n) is 4.87. The number of carbonyl (C=O) groups excluding carboxylic acids is 1. The van der Waals surface area contributed by atoms with Gasteiger partial charge in [-0.1, -0.05) is 12.1 Å². The van der Waals surface area contributed by atoms with Gasteiger partial charge in [0.15, 0.2) is 5.78 Å². The molecular weight excluding hydrogens is 344 g/mol. The molecular formula is C21H16N2O4. The first-order chi connectivity index (χ1) is 13.1. The average Bonchev–Trinajstić information content (AvgIpc) is 3.22. The summed E-state index contributed by atoms with van der Waals surface area (Å²) < 4.78 is 12.3. The van der Waals surface area contributed by atoms with Gasteiger partial charge in [-0.15, -0.1) is 0 Å². The molecule has 27 heavy (non-hydrogen) atoms. The third kappa shape index (κ3) is 2.74. The van der Waals surface area contributed by atoms with Crippen LogP contribution in [0.5, 0.6) is 5.75 Å². The van der Waals surface area contributed by atoms with E-state index in [2.05, 4.69) is 0 Å². The molecule has 6 heteroatoms. The quantitative estimate of drug-likeness (QED) is 0.716. The summed E-state index contributed by atoms with van der Waals surface area (Å²) in [5.74, 6) is 0.924. The number of carbonyl (C=O) groups is 1. The molecule has 2 aromatic heterocycles. The minimum Gasteiger partial charge on any atom is -0.495 e. The van der Waals surface area contributed by atoms with Gasteiger partial charge in [-0.05, 0) is 36.8 Å². The summed E-state index contributed by atoms with van der Waals surface area (Å²) in [5, 5.41) is 9.39. The van der Waals surface area contributed by atoms with Crippen LogP contribution in [0.25, 0.3) is 5.69 Å². The Balaban J connectivity index is 1.99. The predicted molar refractivity (Wildman–Crippen MR) is 97.4 cm³/mol. The number of nitrogens with zero attached hydrogens (tertiary/aromatic N) is 2. The molecule has 1 atom stereocenters. The fourth-order valence-electron chi connectivity index (χ4n) is 3.61. The van der Waals surface area contributed by atoms with Gasteiger partial charge >= 0.3 is 0 Å². The van der Waals surface area contributed by atoms with Crippen LogP contribution in [0.3, 0.4) is 0 Å². The first kappa shape index (κ1) is 16.9. The van der Waals surface area contributed by atoms with Gasteiger partial charge in [0.25, 0.3) is 5.56 Å². The van der Waals surface area contributed by atoms with Crippen LogP contribution >= 0.6 is 0 Å². The van der Waals surface area contributed by atoms with Crippen molar-refractivity contribution in [1.29, 1.82) is 5.26 Å². The number of aromatic nitrogens is 1. The van der Waals surface area contributed by atoms with E-state index in [0.717, 1.165) is 0 Å². The number of ether oxygens (including phenoxy) is 1. The zero-order valence-corrected chi connectivity index (χ0v) is 14.6. The van der Waals surface area contributed by atoms with E-state index in [0.29, 0.717) is 34.9 Å². The lowest BCUT2D eigenvalue weighted by Gasteiger charge is -2.26. The summed E-state index contributed by atoms with van der Waals surface area (Å²) in [6, 6.07) is 14.0. The van der Waals surface area contributed by atoms with E-state index >= 15 is 0 Å². The van der Waals surface area contributed by atoms with Crippen LogP contribution in [0.1, 0.15) is 39.7 Å². The highest BCUT2D eigenvalue weighted by Gasteiger charge is 2.32. The highest BCUT2D eigenvalue weighted by atomic mass is 16.5. The van der Waals surface area contributed by atoms with Crippen molar-refractivity contribution in [3.05, 3.63) is 81.7 Å². The third-order valence-corrected chi connectivity index (χ3v) is 4.87. The van der Waals surface area contributed by atoms with Crippen LogP contribution in [0, 0.1) is 11.3 Å². The molecule has 2 heterocycles. The number of rotatable bonds is 3. The van der Waals surface area contributed by atoms with E-state index in [-0.39, 0.29) is 23.7 Å². The first-order valence-corrected chi connectivity index (χ1v) is 8.53. The van der Waals surface area contributed by atoms with Crippen LogP contribution in [0.4, 0.5) is 0 Å². The normalized spacial score (nSPS) is 15.9. The summed E-state index contributed by atoms with van der Waals surface area (Å²) in [6.07, 6.45) is 2.30. The molecule has 0 saturated heterocycles. The zero-order chi connectivity index (χ0) is 19.0. The highest BCUT2D eigenvalue weighted by Crippen LogP contribution is 2.34. The summed E-state index contributed by atoms with van der Waals surface area (Å²) in [7, 11) is 1.52. The number of para-hydroxylation sites is 2. The number of hydrogen-bond acceptors (Lipinski definition) is 5. The van der Waals surface area contributed by atoms with Crippen molar-refractivity contribution in [3.8, 4) is 17.5 Å². The largest absolute Gasteiger partial charge is 0.495 e. The van der Waals surface area contributed by atoms with Crippen LogP contribution in [0.2, 0.25) is 0 Å². The number of ketones is 1. The molecule has 1 unspecified atom stereocenters. The maximum atomic E-state index is 13.0. The van der Waals surface area contributed by atoms with Gasteiger partial charge in [0.05, 0.1) is 19.1 Å². The molecule has 0 fully saturated rings. The number of benzene rings is 1. The molecule has 0 amide bonds. The smallest absolute Gasteiger partial charge is 0.273 e. The van der Waals surface area contributed by atoms with Gasteiger partial charge in [-0.25, -0.2) is 0 Å². The van der Waals surface area contributed by atoms with Crippen molar-refractivity contribution in [2.45, 2.75) is 18.8 Å². The lowest BCUT2D eigenvalue weighted by molar-refractivity contribution is 0.0958. The van der Waals surface area contributed by atoms with Gasteiger partial charge in [0, 0.05) is 23.6 Å². The second-order valence-corrected chi connectivity index (χ2v) is 6.39. The summed E-state index contributed by atoms with van der Waals surface area (Å²) >= 11 is 0. The molecule has 1 aromatic carbocycles. The van der Waals surface area contributed by atoms with Gasteiger partial charge in [-0.2, -0.15) is 5.26 Å². The molecule has 4 rings (SSSR count). The van der Waals surface area contributed by atoms with Crippen molar-refractivity contribution >= 4 is 5.78 Å². The average molecular weight is 360 g/mol. The van der Waals surface area contributed by atoms with Gasteiger partial charge in [0.2, 0.25) is 0 Å². The van der Waals surface area contributed by atoms with E-state index in [9.17, 15) is 14.9 Å². The van der Waals surface area contributed by atoms with Crippen molar-refractivity contribution in [2.75, 3.05) is 7.11 Å². The van der Waals surface area contributed by atoms with Crippen LogP contribution in [0.15, 0.2) is 57.9 Å². The molecule has 0 bridgehead atoms. The Hall–Kier alpha value is -3.59. The predicted octanol–water partition coefficient (Wildman–Crippen LogP) is 3.22. The fourth-order valence-corrected chi connectivity index (χ4v) is 3.61. The second-order valence-electron chi connectivity index (χ2n) is 6.39. The molecule has 0 radical (unpaired) electrons. The number of furan rings is 1. The van der Waals surface area contributed by atoms with Crippen LogP contribution < -0.4 is 10.3 Å². The standard InChI is InChI=1S/C21H16N2O4/c1-26-20-6-3-2-5-16(20)23-17-10-13(19-7-4-8-27-19)11-18(24)15(17)9-14(12-22)21(23)25/h2-9,13H,10-11H2,1H3. The van der Waals surface area contributed by atoms with Crippen molar-refractivity contribution in [2.24, 2.45) is 0 Å². The lowest BCUT2D eigenvalue weighted by Crippen LogP contribution is -2.31. The minimum atomic E-state index is -0.464. The van der Waals surface area contributed by atoms with E-state index in [1.165, 1.54) is 17.7 Å². The molecule has 0 N–H and O–H groups in total. The maximum Gasteiger partial charge on any atom is 0.273 e. The topological polar surface area (TPSA) is 85.2 Å². The van der Waals surface area contributed by atoms with E-state index in [1.54, 1.807) is 36.6 Å². The number of fused-ring (bicyclic) bond motifs is 1. The molecule has 0 saturated carbocycles. The summed E-state index contributed by atoms with van der Waals surface area (Å²) in [6.45, 7) is 0. The Morgan fingerprint density at radius 1 is 1.19 bits per heavy atom. The molecule has 6 nitrogen and oxygen atoms in total. The fraction of sp³-hybridized carbons (Fsp3) is 0.190. The Kier molecular flexibility index (Phi) is 4.13.